The number of amides is 1. The van der Waals surface area contributed by atoms with Gasteiger partial charge in [0.15, 0.2) is 5.01 Å². The van der Waals surface area contributed by atoms with E-state index in [9.17, 15) is 4.79 Å². The molecule has 84 valence electrons. The third kappa shape index (κ3) is 3.30. The highest BCUT2D eigenvalue weighted by Crippen LogP contribution is 2.12. The fourth-order valence-electron chi connectivity index (χ4n) is 1.44. The van der Waals surface area contributed by atoms with E-state index < -0.39 is 0 Å². The normalized spacial score (nSPS) is 10.3. The van der Waals surface area contributed by atoms with Crippen molar-refractivity contribution in [2.24, 2.45) is 0 Å². The summed E-state index contributed by atoms with van der Waals surface area (Å²) in [5, 5.41) is 2.54. The first kappa shape index (κ1) is 12.2. The van der Waals surface area contributed by atoms with Gasteiger partial charge in [-0.05, 0) is 19.8 Å². The van der Waals surface area contributed by atoms with Crippen LogP contribution in [0.1, 0.15) is 42.2 Å². The molecule has 0 saturated carbocycles. The van der Waals surface area contributed by atoms with E-state index in [-0.39, 0.29) is 5.91 Å². The van der Waals surface area contributed by atoms with Gasteiger partial charge in [0, 0.05) is 24.2 Å². The highest BCUT2D eigenvalue weighted by molar-refractivity contribution is 7.11. The van der Waals surface area contributed by atoms with Crippen molar-refractivity contribution < 1.29 is 4.79 Å². The van der Waals surface area contributed by atoms with Crippen LogP contribution in [0, 0.1) is 6.92 Å². The predicted octanol–water partition coefficient (Wildman–Crippen LogP) is 2.71. The van der Waals surface area contributed by atoms with Crippen molar-refractivity contribution in [1.29, 1.82) is 0 Å². The van der Waals surface area contributed by atoms with Crippen molar-refractivity contribution in [2.75, 3.05) is 13.1 Å². The van der Waals surface area contributed by atoms with E-state index in [0.29, 0.717) is 5.01 Å². The molecule has 0 bridgehead atoms. The van der Waals surface area contributed by atoms with Crippen molar-refractivity contribution >= 4 is 17.2 Å². The monoisotopic (exact) mass is 226 g/mol. The van der Waals surface area contributed by atoms with Crippen molar-refractivity contribution in [3.63, 3.8) is 0 Å². The van der Waals surface area contributed by atoms with E-state index in [4.69, 9.17) is 0 Å². The minimum Gasteiger partial charge on any atom is -0.337 e. The third-order valence-electron chi connectivity index (χ3n) is 2.08. The summed E-state index contributed by atoms with van der Waals surface area (Å²) in [6.07, 6.45) is 1.99. The Hall–Kier alpha value is -0.900. The van der Waals surface area contributed by atoms with Crippen LogP contribution in [0.2, 0.25) is 0 Å². The molecule has 0 aliphatic heterocycles. The lowest BCUT2D eigenvalue weighted by Gasteiger charge is -2.19. The number of rotatable bonds is 5. The molecule has 0 N–H and O–H groups in total. The van der Waals surface area contributed by atoms with Crippen molar-refractivity contribution in [2.45, 2.75) is 33.6 Å². The Labute approximate surface area is 95.1 Å². The summed E-state index contributed by atoms with van der Waals surface area (Å²) in [6, 6.07) is 0. The van der Waals surface area contributed by atoms with Gasteiger partial charge in [0.1, 0.15) is 0 Å². The minimum atomic E-state index is 0.0804. The lowest BCUT2D eigenvalue weighted by atomic mass is 10.3. The molecular weight excluding hydrogens is 208 g/mol. The van der Waals surface area contributed by atoms with E-state index in [0.717, 1.165) is 31.6 Å². The maximum atomic E-state index is 12.0. The average molecular weight is 226 g/mol. The molecule has 1 aromatic rings. The topological polar surface area (TPSA) is 33.2 Å². The van der Waals surface area contributed by atoms with E-state index in [1.165, 1.54) is 11.3 Å². The standard InChI is InChI=1S/C11H18N2OS/c1-4-6-13(7-5-2)11(14)10-12-9(3)8-15-10/h8H,4-7H2,1-3H3. The summed E-state index contributed by atoms with van der Waals surface area (Å²) >= 11 is 1.44. The summed E-state index contributed by atoms with van der Waals surface area (Å²) in [7, 11) is 0. The second kappa shape index (κ2) is 5.85. The van der Waals surface area contributed by atoms with Crippen molar-refractivity contribution in [1.82, 2.24) is 9.88 Å². The first-order chi connectivity index (χ1) is 7.19. The molecule has 0 atom stereocenters. The number of nitrogens with zero attached hydrogens (tertiary/aromatic N) is 2. The van der Waals surface area contributed by atoms with Gasteiger partial charge in [-0.1, -0.05) is 13.8 Å². The van der Waals surface area contributed by atoms with E-state index >= 15 is 0 Å². The zero-order valence-electron chi connectivity index (χ0n) is 9.62. The lowest BCUT2D eigenvalue weighted by molar-refractivity contribution is 0.0755. The molecular formula is C11H18N2OS. The number of aromatic nitrogens is 1. The van der Waals surface area contributed by atoms with Crippen LogP contribution in [0.4, 0.5) is 0 Å². The molecule has 1 amide bonds. The van der Waals surface area contributed by atoms with Crippen LogP contribution in [0.5, 0.6) is 0 Å². The molecule has 1 aromatic heterocycles. The van der Waals surface area contributed by atoms with Gasteiger partial charge in [-0.25, -0.2) is 4.98 Å². The zero-order valence-corrected chi connectivity index (χ0v) is 10.4. The Morgan fingerprint density at radius 1 is 1.40 bits per heavy atom. The zero-order chi connectivity index (χ0) is 11.3. The highest BCUT2D eigenvalue weighted by atomic mass is 32.1. The minimum absolute atomic E-state index is 0.0804. The molecule has 1 heterocycles. The van der Waals surface area contributed by atoms with Gasteiger partial charge >= 0.3 is 0 Å². The Balaban J connectivity index is 2.71. The first-order valence-electron chi connectivity index (χ1n) is 5.40. The van der Waals surface area contributed by atoms with Gasteiger partial charge in [0.25, 0.3) is 5.91 Å². The second-order valence-electron chi connectivity index (χ2n) is 3.59. The summed E-state index contributed by atoms with van der Waals surface area (Å²) in [5.41, 5.74) is 0.927. The van der Waals surface area contributed by atoms with Crippen LogP contribution in [0.3, 0.4) is 0 Å². The summed E-state index contributed by atoms with van der Waals surface area (Å²) in [6.45, 7) is 7.74. The van der Waals surface area contributed by atoms with Crippen LogP contribution >= 0.6 is 11.3 Å². The summed E-state index contributed by atoms with van der Waals surface area (Å²) in [5.74, 6) is 0.0804. The Morgan fingerprint density at radius 3 is 2.40 bits per heavy atom. The quantitative estimate of drug-likeness (QED) is 0.773. The molecule has 0 saturated heterocycles. The van der Waals surface area contributed by atoms with E-state index in [1.807, 2.05) is 17.2 Å². The van der Waals surface area contributed by atoms with Crippen LogP contribution in [0.15, 0.2) is 5.38 Å². The molecule has 0 aromatic carbocycles. The number of carbonyl (C=O) groups excluding carboxylic acids is 1. The number of hydrogen-bond donors (Lipinski definition) is 0. The Kier molecular flexibility index (Phi) is 4.75. The molecule has 0 fully saturated rings. The number of aryl methyl sites for hydroxylation is 1. The molecule has 1 rings (SSSR count). The maximum Gasteiger partial charge on any atom is 0.282 e. The van der Waals surface area contributed by atoms with E-state index in [2.05, 4.69) is 18.8 Å². The molecule has 3 nitrogen and oxygen atoms in total. The summed E-state index contributed by atoms with van der Waals surface area (Å²) < 4.78 is 0. The molecule has 0 aliphatic rings. The van der Waals surface area contributed by atoms with Crippen LogP contribution < -0.4 is 0 Å². The van der Waals surface area contributed by atoms with Gasteiger partial charge in [0.05, 0.1) is 0 Å². The third-order valence-corrected chi connectivity index (χ3v) is 3.02. The molecule has 0 aliphatic carbocycles. The molecule has 4 heteroatoms. The first-order valence-corrected chi connectivity index (χ1v) is 6.28. The van der Waals surface area contributed by atoms with Gasteiger partial charge < -0.3 is 4.90 Å². The fourth-order valence-corrected chi connectivity index (χ4v) is 2.20. The maximum absolute atomic E-state index is 12.0. The Bertz CT molecular complexity index is 316. The number of hydrogen-bond acceptors (Lipinski definition) is 3. The molecule has 0 spiro atoms. The van der Waals surface area contributed by atoms with Gasteiger partial charge in [-0.3, -0.25) is 4.79 Å². The molecule has 0 radical (unpaired) electrons. The lowest BCUT2D eigenvalue weighted by Crippen LogP contribution is -2.32. The largest absolute Gasteiger partial charge is 0.337 e. The van der Waals surface area contributed by atoms with E-state index in [1.54, 1.807) is 0 Å². The van der Waals surface area contributed by atoms with Crippen LogP contribution in [-0.4, -0.2) is 28.9 Å². The van der Waals surface area contributed by atoms with Crippen LogP contribution in [0.25, 0.3) is 0 Å². The highest BCUT2D eigenvalue weighted by Gasteiger charge is 2.16. The van der Waals surface area contributed by atoms with Crippen LogP contribution in [-0.2, 0) is 0 Å². The second-order valence-corrected chi connectivity index (χ2v) is 4.44. The average Bonchev–Trinajstić information content (AvgIpc) is 2.63. The molecule has 15 heavy (non-hydrogen) atoms. The van der Waals surface area contributed by atoms with Crippen molar-refractivity contribution in [3.05, 3.63) is 16.1 Å². The smallest absolute Gasteiger partial charge is 0.282 e. The molecule has 0 unspecified atom stereocenters. The SMILES string of the molecule is CCCN(CCC)C(=O)c1nc(C)cs1. The predicted molar refractivity (Wildman–Crippen MR) is 63.3 cm³/mol. The van der Waals surface area contributed by atoms with Crippen molar-refractivity contribution in [3.8, 4) is 0 Å². The van der Waals surface area contributed by atoms with Gasteiger partial charge in [0.2, 0.25) is 0 Å². The Morgan fingerprint density at radius 2 is 2.00 bits per heavy atom. The number of thiazole rings is 1. The van der Waals surface area contributed by atoms with Gasteiger partial charge in [-0.15, -0.1) is 11.3 Å². The van der Waals surface area contributed by atoms with Gasteiger partial charge in [-0.2, -0.15) is 0 Å². The summed E-state index contributed by atoms with van der Waals surface area (Å²) in [4.78, 5) is 18.1. The fraction of sp³-hybridized carbons (Fsp3) is 0.636. The number of carbonyl (C=O) groups is 1.